The van der Waals surface area contributed by atoms with Gasteiger partial charge in [0.1, 0.15) is 0 Å². The zero-order valence-electron chi connectivity index (χ0n) is 9.26. The van der Waals surface area contributed by atoms with E-state index in [1.54, 1.807) is 4.90 Å². The quantitative estimate of drug-likeness (QED) is 0.770. The first-order valence-corrected chi connectivity index (χ1v) is 5.56. The van der Waals surface area contributed by atoms with Crippen LogP contribution < -0.4 is 10.6 Å². The maximum Gasteiger partial charge on any atom is 0.319 e. The number of amides is 2. The molecule has 1 aliphatic rings. The van der Waals surface area contributed by atoms with Gasteiger partial charge in [-0.3, -0.25) is 4.90 Å². The maximum atomic E-state index is 11.6. The van der Waals surface area contributed by atoms with Gasteiger partial charge in [0.05, 0.1) is 6.04 Å². The summed E-state index contributed by atoms with van der Waals surface area (Å²) in [5.41, 5.74) is 8.66. The number of urea groups is 1. The number of para-hydroxylation sites is 1. The fourth-order valence-corrected chi connectivity index (χ4v) is 2.47. The van der Waals surface area contributed by atoms with Gasteiger partial charge in [-0.1, -0.05) is 18.2 Å². The van der Waals surface area contributed by atoms with Crippen molar-refractivity contribution in [3.8, 4) is 0 Å². The second-order valence-corrected chi connectivity index (χ2v) is 4.20. The zero-order valence-corrected chi connectivity index (χ0v) is 9.26. The Balaban J connectivity index is 2.07. The minimum absolute atomic E-state index is 0.0103. The minimum atomic E-state index is -0.402. The lowest BCUT2D eigenvalue weighted by Crippen LogP contribution is -2.36. The molecule has 0 saturated carbocycles. The Morgan fingerprint density at radius 3 is 2.88 bits per heavy atom. The van der Waals surface area contributed by atoms with Crippen LogP contribution in [-0.2, 0) is 6.42 Å². The van der Waals surface area contributed by atoms with Gasteiger partial charge in [-0.25, -0.2) is 4.79 Å². The van der Waals surface area contributed by atoms with Gasteiger partial charge in [-0.2, -0.15) is 0 Å². The highest BCUT2D eigenvalue weighted by Crippen LogP contribution is 2.39. The number of H-pyrrole nitrogens is 1. The van der Waals surface area contributed by atoms with Crippen LogP contribution in [0.25, 0.3) is 0 Å². The molecule has 0 bridgehead atoms. The number of primary amides is 1. The summed E-state index contributed by atoms with van der Waals surface area (Å²) < 4.78 is 0. The summed E-state index contributed by atoms with van der Waals surface area (Å²) in [6.07, 6.45) is 4.58. The van der Waals surface area contributed by atoms with Crippen LogP contribution in [0.5, 0.6) is 0 Å². The van der Waals surface area contributed by atoms with Gasteiger partial charge >= 0.3 is 6.03 Å². The SMILES string of the molecule is NC(=O)N1c2ccccc2CC1c1cc[nH]c1. The molecule has 1 aromatic carbocycles. The van der Waals surface area contributed by atoms with Crippen molar-refractivity contribution in [2.75, 3.05) is 4.90 Å². The largest absolute Gasteiger partial charge is 0.367 e. The number of benzene rings is 1. The van der Waals surface area contributed by atoms with Gasteiger partial charge in [0.25, 0.3) is 0 Å². The molecule has 3 rings (SSSR count). The lowest BCUT2D eigenvalue weighted by atomic mass is 10.1. The molecule has 0 fully saturated rings. The summed E-state index contributed by atoms with van der Waals surface area (Å²) in [4.78, 5) is 16.3. The van der Waals surface area contributed by atoms with Gasteiger partial charge in [0, 0.05) is 18.1 Å². The highest BCUT2D eigenvalue weighted by atomic mass is 16.2. The van der Waals surface area contributed by atoms with Crippen LogP contribution in [0.15, 0.2) is 42.7 Å². The molecule has 3 N–H and O–H groups in total. The molecule has 2 heterocycles. The van der Waals surface area contributed by atoms with Gasteiger partial charge in [0.15, 0.2) is 0 Å². The van der Waals surface area contributed by atoms with E-state index in [1.807, 2.05) is 42.7 Å². The molecule has 0 spiro atoms. The van der Waals surface area contributed by atoms with Crippen LogP contribution >= 0.6 is 0 Å². The smallest absolute Gasteiger partial charge is 0.319 e. The Morgan fingerprint density at radius 1 is 1.35 bits per heavy atom. The van der Waals surface area contributed by atoms with Crippen molar-refractivity contribution in [3.05, 3.63) is 53.9 Å². The molecule has 17 heavy (non-hydrogen) atoms. The Kier molecular flexibility index (Phi) is 2.14. The fraction of sp³-hybridized carbons (Fsp3) is 0.154. The molecule has 1 atom stereocenters. The van der Waals surface area contributed by atoms with E-state index in [0.29, 0.717) is 0 Å². The van der Waals surface area contributed by atoms with Crippen molar-refractivity contribution in [2.45, 2.75) is 12.5 Å². The molecule has 0 aliphatic carbocycles. The number of aromatic amines is 1. The zero-order chi connectivity index (χ0) is 11.8. The lowest BCUT2D eigenvalue weighted by molar-refractivity contribution is 0.252. The van der Waals surface area contributed by atoms with Crippen LogP contribution in [-0.4, -0.2) is 11.0 Å². The minimum Gasteiger partial charge on any atom is -0.367 e. The summed E-state index contributed by atoms with van der Waals surface area (Å²) in [6, 6.07) is 9.47. The van der Waals surface area contributed by atoms with E-state index in [-0.39, 0.29) is 6.04 Å². The second-order valence-electron chi connectivity index (χ2n) is 4.20. The van der Waals surface area contributed by atoms with Gasteiger partial charge in [-0.15, -0.1) is 0 Å². The molecule has 0 radical (unpaired) electrons. The molecule has 0 saturated heterocycles. The number of nitrogens with zero attached hydrogens (tertiary/aromatic N) is 1. The van der Waals surface area contributed by atoms with Crippen molar-refractivity contribution in [2.24, 2.45) is 5.73 Å². The molecule has 1 aromatic heterocycles. The number of aromatic nitrogens is 1. The number of hydrogen-bond acceptors (Lipinski definition) is 1. The lowest BCUT2D eigenvalue weighted by Gasteiger charge is -2.22. The Morgan fingerprint density at radius 2 is 2.18 bits per heavy atom. The Hall–Kier alpha value is -2.23. The number of carbonyl (C=O) groups is 1. The van der Waals surface area contributed by atoms with E-state index in [1.165, 1.54) is 0 Å². The second kappa shape index (κ2) is 3.66. The predicted molar refractivity (Wildman–Crippen MR) is 65.7 cm³/mol. The highest BCUT2D eigenvalue weighted by molar-refractivity contribution is 5.94. The normalized spacial score (nSPS) is 18.1. The standard InChI is InChI=1S/C13H13N3O/c14-13(17)16-11-4-2-1-3-9(11)7-12(16)10-5-6-15-8-10/h1-6,8,12,15H,7H2,(H2,14,17). The van der Waals surface area contributed by atoms with Crippen LogP contribution in [0.3, 0.4) is 0 Å². The van der Waals surface area contributed by atoms with Crippen molar-refractivity contribution in [1.29, 1.82) is 0 Å². The number of rotatable bonds is 1. The Labute approximate surface area is 99.0 Å². The van der Waals surface area contributed by atoms with Gasteiger partial charge in [0.2, 0.25) is 0 Å². The summed E-state index contributed by atoms with van der Waals surface area (Å²) in [7, 11) is 0. The van der Waals surface area contributed by atoms with Crippen LogP contribution in [0, 0.1) is 0 Å². The number of nitrogens with two attached hydrogens (primary N) is 1. The topological polar surface area (TPSA) is 62.1 Å². The summed E-state index contributed by atoms with van der Waals surface area (Å²) in [5.74, 6) is 0. The van der Waals surface area contributed by atoms with Crippen molar-refractivity contribution in [3.63, 3.8) is 0 Å². The molecule has 4 nitrogen and oxygen atoms in total. The van der Waals surface area contributed by atoms with Crippen molar-refractivity contribution in [1.82, 2.24) is 4.98 Å². The van der Waals surface area contributed by atoms with E-state index < -0.39 is 6.03 Å². The molecule has 1 aliphatic heterocycles. The maximum absolute atomic E-state index is 11.6. The molecular weight excluding hydrogens is 214 g/mol. The summed E-state index contributed by atoms with van der Waals surface area (Å²) in [6.45, 7) is 0. The van der Waals surface area contributed by atoms with Crippen LogP contribution in [0.2, 0.25) is 0 Å². The highest BCUT2D eigenvalue weighted by Gasteiger charge is 2.33. The average molecular weight is 227 g/mol. The van der Waals surface area contributed by atoms with E-state index >= 15 is 0 Å². The first kappa shape index (κ1) is 9.96. The Bertz CT molecular complexity index is 548. The first-order valence-electron chi connectivity index (χ1n) is 5.56. The molecule has 2 aromatic rings. The van der Waals surface area contributed by atoms with E-state index in [9.17, 15) is 4.79 Å². The third-order valence-corrected chi connectivity index (χ3v) is 3.22. The van der Waals surface area contributed by atoms with Crippen LogP contribution in [0.4, 0.5) is 10.5 Å². The molecule has 86 valence electrons. The van der Waals surface area contributed by atoms with Gasteiger partial charge < -0.3 is 10.7 Å². The number of anilines is 1. The summed E-state index contributed by atoms with van der Waals surface area (Å²) in [5, 5.41) is 0. The number of carbonyl (C=O) groups excluding carboxylic acids is 1. The molecule has 2 amide bonds. The molecule has 1 unspecified atom stereocenters. The van der Waals surface area contributed by atoms with E-state index in [0.717, 1.165) is 23.2 Å². The van der Waals surface area contributed by atoms with Gasteiger partial charge in [-0.05, 0) is 29.7 Å². The third kappa shape index (κ3) is 1.49. The third-order valence-electron chi connectivity index (χ3n) is 3.22. The van der Waals surface area contributed by atoms with E-state index in [4.69, 9.17) is 5.73 Å². The van der Waals surface area contributed by atoms with Crippen LogP contribution in [0.1, 0.15) is 17.2 Å². The van der Waals surface area contributed by atoms with E-state index in [2.05, 4.69) is 4.98 Å². The number of fused-ring (bicyclic) bond motifs is 1. The first-order chi connectivity index (χ1) is 8.27. The van der Waals surface area contributed by atoms with Crippen molar-refractivity contribution >= 4 is 11.7 Å². The number of nitrogens with one attached hydrogen (secondary N) is 1. The van der Waals surface area contributed by atoms with Crippen molar-refractivity contribution < 1.29 is 4.79 Å². The monoisotopic (exact) mass is 227 g/mol. The summed E-state index contributed by atoms with van der Waals surface area (Å²) >= 11 is 0. The number of hydrogen-bond donors (Lipinski definition) is 2. The molecular formula is C13H13N3O. The predicted octanol–water partition coefficient (Wildman–Crippen LogP) is 2.20. The molecule has 4 heteroatoms. The average Bonchev–Trinajstić information content (AvgIpc) is 2.95. The fourth-order valence-electron chi connectivity index (χ4n) is 2.47.